The summed E-state index contributed by atoms with van der Waals surface area (Å²) in [6, 6.07) is 4.66. The zero-order valence-corrected chi connectivity index (χ0v) is 16.9. The molecule has 1 aromatic rings. The Bertz CT molecular complexity index is 867. The number of aryl methyl sites for hydroxylation is 2. The number of likely N-dealkylation sites (tertiary alicyclic amines) is 1. The van der Waals surface area contributed by atoms with Gasteiger partial charge in [0.05, 0.1) is 11.8 Å². The topological polar surface area (TPSA) is 92.8 Å². The van der Waals surface area contributed by atoms with Gasteiger partial charge in [0.25, 0.3) is 5.91 Å². The van der Waals surface area contributed by atoms with Crippen LogP contribution in [-0.2, 0) is 23.9 Å². The number of ether oxygens (including phenoxy) is 1. The third-order valence-corrected chi connectivity index (χ3v) is 6.70. The Morgan fingerprint density at radius 3 is 2.38 bits per heavy atom. The molecular formula is C22H26N2O5. The van der Waals surface area contributed by atoms with Crippen molar-refractivity contribution in [3.8, 4) is 0 Å². The van der Waals surface area contributed by atoms with Gasteiger partial charge in [0, 0.05) is 5.69 Å². The molecule has 29 heavy (non-hydrogen) atoms. The van der Waals surface area contributed by atoms with Crippen molar-refractivity contribution in [3.05, 3.63) is 29.3 Å². The van der Waals surface area contributed by atoms with Crippen molar-refractivity contribution >= 4 is 29.4 Å². The van der Waals surface area contributed by atoms with Gasteiger partial charge in [-0.2, -0.15) is 0 Å². The van der Waals surface area contributed by atoms with E-state index in [2.05, 4.69) is 5.32 Å². The summed E-state index contributed by atoms with van der Waals surface area (Å²) in [5.74, 6) is -1.74. The molecule has 1 saturated heterocycles. The number of carbonyl (C=O) groups excluding carboxylic acids is 4. The van der Waals surface area contributed by atoms with Crippen molar-refractivity contribution in [3.63, 3.8) is 0 Å². The minimum Gasteiger partial charge on any atom is -0.454 e. The normalized spacial score (nSPS) is 28.4. The molecule has 0 radical (unpaired) electrons. The Labute approximate surface area is 169 Å². The third-order valence-electron chi connectivity index (χ3n) is 6.70. The van der Waals surface area contributed by atoms with Gasteiger partial charge in [0.15, 0.2) is 6.61 Å². The fraction of sp³-hybridized carbons (Fsp3) is 0.545. The van der Waals surface area contributed by atoms with E-state index in [-0.39, 0.29) is 35.5 Å². The molecule has 1 N–H and O–H groups in total. The SMILES string of the molecule is Cc1ccc(C)c(NC(=O)COC(=O)[C@@H](C)N2C(=O)[C@H]3[C@@H]4CC[C@@H](C4)[C@@H]3C2=O)c1. The van der Waals surface area contributed by atoms with Crippen molar-refractivity contribution in [1.82, 2.24) is 4.90 Å². The second-order valence-electron chi connectivity index (χ2n) is 8.58. The van der Waals surface area contributed by atoms with Gasteiger partial charge in [-0.05, 0) is 69.1 Å². The summed E-state index contributed by atoms with van der Waals surface area (Å²) in [6.45, 7) is 4.81. The van der Waals surface area contributed by atoms with Crippen LogP contribution in [0.2, 0.25) is 0 Å². The summed E-state index contributed by atoms with van der Waals surface area (Å²) >= 11 is 0. The van der Waals surface area contributed by atoms with Crippen LogP contribution in [0.3, 0.4) is 0 Å². The summed E-state index contributed by atoms with van der Waals surface area (Å²) in [5, 5.41) is 2.72. The van der Waals surface area contributed by atoms with E-state index in [1.54, 1.807) is 0 Å². The van der Waals surface area contributed by atoms with Crippen molar-refractivity contribution in [2.75, 3.05) is 11.9 Å². The lowest BCUT2D eigenvalue weighted by Gasteiger charge is -2.23. The Balaban J connectivity index is 1.35. The van der Waals surface area contributed by atoms with Crippen LogP contribution in [0.15, 0.2) is 18.2 Å². The zero-order valence-electron chi connectivity index (χ0n) is 16.9. The van der Waals surface area contributed by atoms with Crippen molar-refractivity contribution in [2.45, 2.75) is 46.1 Å². The van der Waals surface area contributed by atoms with Crippen LogP contribution in [0.4, 0.5) is 5.69 Å². The Morgan fingerprint density at radius 2 is 1.76 bits per heavy atom. The molecule has 4 rings (SSSR count). The molecule has 1 aromatic carbocycles. The minimum absolute atomic E-state index is 0.253. The number of rotatable bonds is 5. The molecule has 5 atom stereocenters. The average Bonchev–Trinajstić information content (AvgIpc) is 3.36. The van der Waals surface area contributed by atoms with Crippen LogP contribution < -0.4 is 5.32 Å². The largest absolute Gasteiger partial charge is 0.454 e. The van der Waals surface area contributed by atoms with E-state index in [0.29, 0.717) is 5.69 Å². The highest BCUT2D eigenvalue weighted by molar-refractivity contribution is 6.08. The number of carbonyl (C=O) groups is 4. The number of fused-ring (bicyclic) bond motifs is 5. The van der Waals surface area contributed by atoms with Gasteiger partial charge in [0.2, 0.25) is 11.8 Å². The predicted molar refractivity (Wildman–Crippen MR) is 105 cm³/mol. The lowest BCUT2D eigenvalue weighted by atomic mass is 9.81. The Hall–Kier alpha value is -2.70. The first-order chi connectivity index (χ1) is 13.8. The highest BCUT2D eigenvalue weighted by atomic mass is 16.5. The molecular weight excluding hydrogens is 372 g/mol. The van der Waals surface area contributed by atoms with Crippen LogP contribution in [0.1, 0.15) is 37.3 Å². The molecule has 2 bridgehead atoms. The summed E-state index contributed by atoms with van der Waals surface area (Å²) in [6.07, 6.45) is 2.91. The van der Waals surface area contributed by atoms with Crippen LogP contribution in [0, 0.1) is 37.5 Å². The predicted octanol–water partition coefficient (Wildman–Crippen LogP) is 2.20. The van der Waals surface area contributed by atoms with Gasteiger partial charge in [-0.1, -0.05) is 12.1 Å². The molecule has 154 valence electrons. The molecule has 2 saturated carbocycles. The highest BCUT2D eigenvalue weighted by Crippen LogP contribution is 2.56. The number of hydrogen-bond acceptors (Lipinski definition) is 5. The maximum Gasteiger partial charge on any atom is 0.329 e. The lowest BCUT2D eigenvalue weighted by molar-refractivity contribution is -0.159. The van der Waals surface area contributed by atoms with Crippen molar-refractivity contribution in [1.29, 1.82) is 0 Å². The van der Waals surface area contributed by atoms with E-state index in [1.807, 2.05) is 32.0 Å². The fourth-order valence-corrected chi connectivity index (χ4v) is 5.23. The Morgan fingerprint density at radius 1 is 1.14 bits per heavy atom. The highest BCUT2D eigenvalue weighted by Gasteiger charge is 2.62. The van der Waals surface area contributed by atoms with E-state index in [1.165, 1.54) is 6.92 Å². The van der Waals surface area contributed by atoms with E-state index in [4.69, 9.17) is 4.74 Å². The van der Waals surface area contributed by atoms with Crippen LogP contribution >= 0.6 is 0 Å². The Kier molecular flexibility index (Phi) is 4.92. The molecule has 7 nitrogen and oxygen atoms in total. The molecule has 0 spiro atoms. The summed E-state index contributed by atoms with van der Waals surface area (Å²) in [7, 11) is 0. The number of nitrogens with zero attached hydrogens (tertiary/aromatic N) is 1. The molecule has 1 heterocycles. The molecule has 1 aliphatic heterocycles. The smallest absolute Gasteiger partial charge is 0.329 e. The number of esters is 1. The van der Waals surface area contributed by atoms with Gasteiger partial charge < -0.3 is 10.1 Å². The molecule has 7 heteroatoms. The van der Waals surface area contributed by atoms with Crippen LogP contribution in [0.25, 0.3) is 0 Å². The van der Waals surface area contributed by atoms with E-state index >= 15 is 0 Å². The molecule has 2 aliphatic carbocycles. The number of amides is 3. The zero-order chi connectivity index (χ0) is 20.9. The monoisotopic (exact) mass is 398 g/mol. The first-order valence-corrected chi connectivity index (χ1v) is 10.2. The minimum atomic E-state index is -1.02. The number of nitrogens with one attached hydrogen (secondary N) is 1. The molecule has 3 fully saturated rings. The van der Waals surface area contributed by atoms with Gasteiger partial charge >= 0.3 is 5.97 Å². The van der Waals surface area contributed by atoms with Gasteiger partial charge in [-0.25, -0.2) is 4.79 Å². The molecule has 0 aromatic heterocycles. The second-order valence-corrected chi connectivity index (χ2v) is 8.58. The van der Waals surface area contributed by atoms with Gasteiger partial charge in [-0.3, -0.25) is 19.3 Å². The first-order valence-electron chi connectivity index (χ1n) is 10.2. The summed E-state index contributed by atoms with van der Waals surface area (Å²) < 4.78 is 5.11. The maximum atomic E-state index is 12.8. The van der Waals surface area contributed by atoms with Crippen molar-refractivity contribution in [2.24, 2.45) is 23.7 Å². The third kappa shape index (κ3) is 3.32. The molecule has 3 amide bonds. The first kappa shape index (κ1) is 19.6. The van der Waals surface area contributed by atoms with E-state index in [9.17, 15) is 19.2 Å². The van der Waals surface area contributed by atoms with Gasteiger partial charge in [0.1, 0.15) is 6.04 Å². The van der Waals surface area contributed by atoms with E-state index < -0.39 is 24.5 Å². The van der Waals surface area contributed by atoms with E-state index in [0.717, 1.165) is 35.3 Å². The van der Waals surface area contributed by atoms with Gasteiger partial charge in [-0.15, -0.1) is 0 Å². The average molecular weight is 398 g/mol. The van der Waals surface area contributed by atoms with Crippen LogP contribution in [-0.4, -0.2) is 41.2 Å². The maximum absolute atomic E-state index is 12.8. The number of benzene rings is 1. The molecule has 0 unspecified atom stereocenters. The number of hydrogen-bond donors (Lipinski definition) is 1. The standard InChI is InChI=1S/C22H26N2O5/c1-11-4-5-12(2)16(8-11)23-17(25)10-29-22(28)13(3)24-20(26)18-14-6-7-15(9-14)19(18)21(24)27/h4-5,8,13-15,18-19H,6-7,9-10H2,1-3H3,(H,23,25)/t13-,14-,15+,18+,19+/m1/s1. The number of anilines is 1. The number of imide groups is 1. The lowest BCUT2D eigenvalue weighted by Crippen LogP contribution is -2.45. The quantitative estimate of drug-likeness (QED) is 0.606. The second kappa shape index (κ2) is 7.28. The van der Waals surface area contributed by atoms with Crippen molar-refractivity contribution < 1.29 is 23.9 Å². The molecule has 3 aliphatic rings. The summed E-state index contributed by atoms with van der Waals surface area (Å²) in [4.78, 5) is 51.3. The van der Waals surface area contributed by atoms with Crippen LogP contribution in [0.5, 0.6) is 0 Å². The fourth-order valence-electron chi connectivity index (χ4n) is 5.23. The summed E-state index contributed by atoms with van der Waals surface area (Å²) in [5.41, 5.74) is 2.56.